The van der Waals surface area contributed by atoms with Crippen LogP contribution in [0.3, 0.4) is 0 Å². The lowest BCUT2D eigenvalue weighted by Gasteiger charge is -2.16. The van der Waals surface area contributed by atoms with Crippen molar-refractivity contribution in [2.45, 2.75) is 0 Å². The number of hydrogen-bond acceptors (Lipinski definition) is 2. The molecule has 0 saturated carbocycles. The van der Waals surface area contributed by atoms with E-state index in [1.165, 1.54) is 10.8 Å². The zero-order valence-corrected chi connectivity index (χ0v) is 29.5. The van der Waals surface area contributed by atoms with Gasteiger partial charge < -0.3 is 13.7 Å². The molecule has 0 aliphatic rings. The highest BCUT2D eigenvalue weighted by Gasteiger charge is 2.21. The van der Waals surface area contributed by atoms with E-state index < -0.39 is 0 Å². The summed E-state index contributed by atoms with van der Waals surface area (Å²) >= 11 is 0. The van der Waals surface area contributed by atoms with Crippen LogP contribution in [0.15, 0.2) is 176 Å². The van der Waals surface area contributed by atoms with Gasteiger partial charge in [-0.05, 0) is 72.8 Å². The summed E-state index contributed by atoms with van der Waals surface area (Å²) < 4.78 is 6.92. The molecule has 0 unspecified atom stereocenters. The van der Waals surface area contributed by atoms with Gasteiger partial charge in [-0.3, -0.25) is 0 Å². The SMILES string of the molecule is N#Cc1ccc2c(c1)c1ccccc1n2-c1cccc2c1c1ccccc1n2-c1ccc(-c2ccccc2-n2c3ccccc3c3ccccc32)c(C#N)c1. The average molecular weight is 700 g/mol. The second-order valence-corrected chi connectivity index (χ2v) is 13.9. The topological polar surface area (TPSA) is 62.4 Å². The van der Waals surface area contributed by atoms with Gasteiger partial charge in [-0.2, -0.15) is 10.5 Å². The molecular weight excluding hydrogens is 671 g/mol. The largest absolute Gasteiger partial charge is 0.309 e. The molecular formula is C50H29N5. The lowest BCUT2D eigenvalue weighted by atomic mass is 9.97. The van der Waals surface area contributed by atoms with E-state index in [9.17, 15) is 10.5 Å². The Labute approximate surface area is 316 Å². The van der Waals surface area contributed by atoms with Crippen molar-refractivity contribution in [1.82, 2.24) is 13.7 Å². The number of rotatable bonds is 4. The number of para-hydroxylation sites is 5. The molecule has 0 saturated heterocycles. The Kier molecular flexibility index (Phi) is 6.61. The van der Waals surface area contributed by atoms with Crippen LogP contribution < -0.4 is 0 Å². The van der Waals surface area contributed by atoms with Gasteiger partial charge in [-0.25, -0.2) is 0 Å². The highest BCUT2D eigenvalue weighted by atomic mass is 15.0. The molecule has 0 fully saturated rings. The van der Waals surface area contributed by atoms with Crippen molar-refractivity contribution in [3.63, 3.8) is 0 Å². The summed E-state index contributed by atoms with van der Waals surface area (Å²) in [5.41, 5.74) is 12.6. The number of hydrogen-bond donors (Lipinski definition) is 0. The minimum Gasteiger partial charge on any atom is -0.309 e. The number of nitriles is 2. The second-order valence-electron chi connectivity index (χ2n) is 13.9. The summed E-state index contributed by atoms with van der Waals surface area (Å²) in [6.07, 6.45) is 0. The molecule has 0 aliphatic heterocycles. The van der Waals surface area contributed by atoms with Crippen LogP contribution in [0.5, 0.6) is 0 Å². The number of fused-ring (bicyclic) bond motifs is 9. The number of nitrogens with zero attached hydrogens (tertiary/aromatic N) is 5. The summed E-state index contributed by atoms with van der Waals surface area (Å²) in [4.78, 5) is 0. The number of aromatic nitrogens is 3. The zero-order valence-electron chi connectivity index (χ0n) is 29.5. The maximum atomic E-state index is 10.8. The maximum absolute atomic E-state index is 10.8. The van der Waals surface area contributed by atoms with Gasteiger partial charge in [0, 0.05) is 49.1 Å². The van der Waals surface area contributed by atoms with Crippen LogP contribution in [0.2, 0.25) is 0 Å². The van der Waals surface area contributed by atoms with Crippen molar-refractivity contribution in [3.05, 3.63) is 187 Å². The van der Waals surface area contributed by atoms with Gasteiger partial charge in [0.1, 0.15) is 0 Å². The van der Waals surface area contributed by atoms with Gasteiger partial charge in [0.15, 0.2) is 0 Å². The normalized spacial score (nSPS) is 11.6. The van der Waals surface area contributed by atoms with E-state index in [4.69, 9.17) is 0 Å². The predicted octanol–water partition coefficient (Wildman–Crippen LogP) is 12.4. The zero-order chi connectivity index (χ0) is 36.6. The van der Waals surface area contributed by atoms with E-state index in [0.717, 1.165) is 82.8 Å². The minimum absolute atomic E-state index is 0.600. The molecule has 3 heterocycles. The molecule has 8 aromatic carbocycles. The van der Waals surface area contributed by atoms with Crippen LogP contribution in [-0.4, -0.2) is 13.7 Å². The van der Waals surface area contributed by atoms with Crippen molar-refractivity contribution < 1.29 is 0 Å². The Hall–Kier alpha value is -7.86. The first-order valence-corrected chi connectivity index (χ1v) is 18.3. The molecule has 5 nitrogen and oxygen atoms in total. The molecule has 11 aromatic rings. The molecule has 0 spiro atoms. The lowest BCUT2D eigenvalue weighted by Crippen LogP contribution is -2.00. The van der Waals surface area contributed by atoms with Crippen LogP contribution >= 0.6 is 0 Å². The summed E-state index contributed by atoms with van der Waals surface area (Å²) in [5.74, 6) is 0. The fraction of sp³-hybridized carbons (Fsp3) is 0. The van der Waals surface area contributed by atoms with Crippen LogP contribution in [-0.2, 0) is 0 Å². The van der Waals surface area contributed by atoms with E-state index in [1.54, 1.807) is 0 Å². The highest BCUT2D eigenvalue weighted by Crippen LogP contribution is 2.42. The molecule has 5 heteroatoms. The summed E-state index contributed by atoms with van der Waals surface area (Å²) in [6.45, 7) is 0. The number of benzene rings is 8. The Balaban J connectivity index is 1.14. The minimum atomic E-state index is 0.600. The summed E-state index contributed by atoms with van der Waals surface area (Å²) in [7, 11) is 0. The van der Waals surface area contributed by atoms with Gasteiger partial charge in [0.05, 0.1) is 67.7 Å². The molecule has 0 aliphatic carbocycles. The van der Waals surface area contributed by atoms with Gasteiger partial charge in [0.2, 0.25) is 0 Å². The fourth-order valence-electron chi connectivity index (χ4n) is 8.84. The van der Waals surface area contributed by atoms with E-state index in [-0.39, 0.29) is 0 Å². The molecule has 254 valence electrons. The van der Waals surface area contributed by atoms with Crippen molar-refractivity contribution in [1.29, 1.82) is 10.5 Å². The Morgan fingerprint density at radius 3 is 1.55 bits per heavy atom. The first-order chi connectivity index (χ1) is 27.2. The average Bonchev–Trinajstić information content (AvgIpc) is 3.89. The van der Waals surface area contributed by atoms with E-state index in [0.29, 0.717) is 11.1 Å². The molecule has 55 heavy (non-hydrogen) atoms. The quantitative estimate of drug-likeness (QED) is 0.184. The summed E-state index contributed by atoms with van der Waals surface area (Å²) in [5, 5.41) is 27.3. The van der Waals surface area contributed by atoms with Crippen molar-refractivity contribution in [2.24, 2.45) is 0 Å². The molecule has 0 atom stereocenters. The third-order valence-corrected chi connectivity index (χ3v) is 11.1. The first-order valence-electron chi connectivity index (χ1n) is 18.3. The maximum Gasteiger partial charge on any atom is 0.0998 e. The van der Waals surface area contributed by atoms with Gasteiger partial charge in [-0.1, -0.05) is 103 Å². The van der Waals surface area contributed by atoms with Crippen LogP contribution in [0.25, 0.3) is 93.6 Å². The van der Waals surface area contributed by atoms with Crippen LogP contribution in [0.1, 0.15) is 11.1 Å². The van der Waals surface area contributed by atoms with Gasteiger partial charge in [-0.15, -0.1) is 0 Å². The van der Waals surface area contributed by atoms with Crippen LogP contribution in [0.4, 0.5) is 0 Å². The molecule has 3 aromatic heterocycles. The molecule has 0 bridgehead atoms. The summed E-state index contributed by atoms with van der Waals surface area (Å²) in [6, 6.07) is 65.8. The highest BCUT2D eigenvalue weighted by molar-refractivity contribution is 6.17. The second kappa shape index (κ2) is 11.8. The third-order valence-electron chi connectivity index (χ3n) is 11.1. The predicted molar refractivity (Wildman–Crippen MR) is 224 cm³/mol. The lowest BCUT2D eigenvalue weighted by molar-refractivity contribution is 1.16. The standard InChI is InChI=1S/C50H29N5/c51-30-32-24-27-47-41(28-32)39-15-4-9-20-45(39)55(47)49-23-11-22-48-50(49)40-16-5-10-21-46(40)53(48)34-25-26-35(33(29-34)31-52)36-12-1-6-17-42(36)54-43-18-7-2-13-37(43)38-14-3-8-19-44(38)54/h1-29H. The monoisotopic (exact) mass is 699 g/mol. The first kappa shape index (κ1) is 30.7. The van der Waals surface area contributed by atoms with E-state index in [1.807, 2.05) is 24.3 Å². The van der Waals surface area contributed by atoms with Crippen molar-refractivity contribution >= 4 is 65.4 Å². The smallest absolute Gasteiger partial charge is 0.0998 e. The van der Waals surface area contributed by atoms with Crippen molar-refractivity contribution in [2.75, 3.05) is 0 Å². The van der Waals surface area contributed by atoms with Crippen LogP contribution in [0, 0.1) is 22.7 Å². The molecule has 0 N–H and O–H groups in total. The molecule has 0 amide bonds. The van der Waals surface area contributed by atoms with Crippen molar-refractivity contribution in [3.8, 4) is 40.3 Å². The fourth-order valence-corrected chi connectivity index (χ4v) is 8.84. The Morgan fingerprint density at radius 2 is 0.873 bits per heavy atom. The Morgan fingerprint density at radius 1 is 0.345 bits per heavy atom. The van der Waals surface area contributed by atoms with E-state index >= 15 is 0 Å². The van der Waals surface area contributed by atoms with Gasteiger partial charge >= 0.3 is 0 Å². The van der Waals surface area contributed by atoms with Gasteiger partial charge in [0.25, 0.3) is 0 Å². The Bertz CT molecular complexity index is 3420. The van der Waals surface area contributed by atoms with E-state index in [2.05, 4.69) is 177 Å². The molecule has 0 radical (unpaired) electrons. The molecule has 11 rings (SSSR count). The third kappa shape index (κ3) is 4.39.